The number of ether oxygens (including phenoxy) is 1. The Kier molecular flexibility index (Phi) is 5.56. The number of benzene rings is 1. The van der Waals surface area contributed by atoms with Crippen molar-refractivity contribution in [1.82, 2.24) is 10.2 Å². The fourth-order valence-electron chi connectivity index (χ4n) is 2.57. The van der Waals surface area contributed by atoms with E-state index in [9.17, 15) is 4.79 Å². The Hall–Kier alpha value is -1.39. The number of esters is 1. The van der Waals surface area contributed by atoms with Crippen LogP contribution in [0.15, 0.2) is 24.3 Å². The van der Waals surface area contributed by atoms with Gasteiger partial charge in [0.1, 0.15) is 6.04 Å². The van der Waals surface area contributed by atoms with Crippen molar-refractivity contribution in [3.63, 3.8) is 0 Å². The average Bonchev–Trinajstić information content (AvgIpc) is 2.86. The lowest BCUT2D eigenvalue weighted by Crippen LogP contribution is -2.46. The third-order valence-electron chi connectivity index (χ3n) is 3.56. The Balaban J connectivity index is 1.93. The van der Waals surface area contributed by atoms with Gasteiger partial charge in [0.25, 0.3) is 0 Å². The summed E-state index contributed by atoms with van der Waals surface area (Å²) in [6, 6.07) is 8.23. The lowest BCUT2D eigenvalue weighted by molar-refractivity contribution is -0.146. The van der Waals surface area contributed by atoms with Crippen LogP contribution in [0.3, 0.4) is 0 Å². The summed E-state index contributed by atoms with van der Waals surface area (Å²) in [6.07, 6.45) is 1.01. The third-order valence-corrected chi connectivity index (χ3v) is 3.56. The summed E-state index contributed by atoms with van der Waals surface area (Å²) in [7, 11) is 0. The second kappa shape index (κ2) is 7.41. The highest BCUT2D eigenvalue weighted by Gasteiger charge is 2.25. The van der Waals surface area contributed by atoms with Gasteiger partial charge < -0.3 is 10.1 Å². The maximum Gasteiger partial charge on any atom is 0.324 e. The minimum absolute atomic E-state index is 0.142. The van der Waals surface area contributed by atoms with Gasteiger partial charge in [0, 0.05) is 19.6 Å². The first-order valence-corrected chi connectivity index (χ1v) is 7.43. The minimum Gasteiger partial charge on any atom is -0.465 e. The van der Waals surface area contributed by atoms with Gasteiger partial charge >= 0.3 is 5.97 Å². The normalized spacial score (nSPS) is 15.9. The Labute approximate surface area is 121 Å². The highest BCUT2D eigenvalue weighted by atomic mass is 16.5. The molecule has 1 aliphatic rings. The SMILES string of the molecule is CCCNC(CN1Cc2ccccc2C1)C(=O)OCC. The Morgan fingerprint density at radius 2 is 1.95 bits per heavy atom. The zero-order valence-corrected chi connectivity index (χ0v) is 12.4. The smallest absolute Gasteiger partial charge is 0.324 e. The van der Waals surface area contributed by atoms with Gasteiger partial charge in [0.15, 0.2) is 0 Å². The van der Waals surface area contributed by atoms with Gasteiger partial charge in [-0.25, -0.2) is 0 Å². The molecule has 0 aromatic heterocycles. The van der Waals surface area contributed by atoms with Crippen molar-refractivity contribution in [3.05, 3.63) is 35.4 Å². The number of hydrogen-bond acceptors (Lipinski definition) is 4. The monoisotopic (exact) mass is 276 g/mol. The zero-order chi connectivity index (χ0) is 14.4. The lowest BCUT2D eigenvalue weighted by atomic mass is 10.1. The summed E-state index contributed by atoms with van der Waals surface area (Å²) < 4.78 is 5.16. The summed E-state index contributed by atoms with van der Waals surface area (Å²) in [5.74, 6) is -0.142. The predicted octanol–water partition coefficient (Wildman–Crippen LogP) is 1.93. The topological polar surface area (TPSA) is 41.6 Å². The van der Waals surface area contributed by atoms with E-state index < -0.39 is 0 Å². The molecule has 1 heterocycles. The molecule has 0 saturated heterocycles. The van der Waals surface area contributed by atoms with Gasteiger partial charge in [-0.3, -0.25) is 9.69 Å². The van der Waals surface area contributed by atoms with Crippen molar-refractivity contribution in [1.29, 1.82) is 0 Å². The summed E-state index contributed by atoms with van der Waals surface area (Å²) in [5.41, 5.74) is 2.73. The average molecular weight is 276 g/mol. The van der Waals surface area contributed by atoms with Crippen molar-refractivity contribution >= 4 is 5.97 Å². The molecule has 0 bridgehead atoms. The first-order chi connectivity index (χ1) is 9.74. The molecule has 1 atom stereocenters. The molecule has 0 saturated carbocycles. The second-order valence-corrected chi connectivity index (χ2v) is 5.20. The van der Waals surface area contributed by atoms with Crippen LogP contribution in [0.25, 0.3) is 0 Å². The summed E-state index contributed by atoms with van der Waals surface area (Å²) in [4.78, 5) is 14.3. The molecule has 1 aliphatic heterocycles. The van der Waals surface area contributed by atoms with E-state index in [1.165, 1.54) is 11.1 Å². The van der Waals surface area contributed by atoms with Crippen molar-refractivity contribution in [3.8, 4) is 0 Å². The van der Waals surface area contributed by atoms with E-state index in [0.29, 0.717) is 13.2 Å². The molecule has 0 spiro atoms. The molecule has 2 rings (SSSR count). The molecule has 0 aliphatic carbocycles. The Morgan fingerprint density at radius 3 is 2.50 bits per heavy atom. The standard InChI is InChI=1S/C16H24N2O2/c1-3-9-17-15(16(19)20-4-2)12-18-10-13-7-5-6-8-14(13)11-18/h5-8,15,17H,3-4,9-12H2,1-2H3. The largest absolute Gasteiger partial charge is 0.465 e. The first-order valence-electron chi connectivity index (χ1n) is 7.43. The van der Waals surface area contributed by atoms with Gasteiger partial charge in [0.05, 0.1) is 6.61 Å². The predicted molar refractivity (Wildman–Crippen MR) is 79.3 cm³/mol. The van der Waals surface area contributed by atoms with Gasteiger partial charge in [-0.1, -0.05) is 31.2 Å². The molecule has 0 fully saturated rings. The molecule has 4 nitrogen and oxygen atoms in total. The van der Waals surface area contributed by atoms with Crippen molar-refractivity contribution in [2.75, 3.05) is 19.7 Å². The van der Waals surface area contributed by atoms with E-state index in [0.717, 1.165) is 26.1 Å². The van der Waals surface area contributed by atoms with E-state index in [2.05, 4.69) is 41.4 Å². The van der Waals surface area contributed by atoms with Crippen molar-refractivity contribution in [2.45, 2.75) is 39.4 Å². The minimum atomic E-state index is -0.232. The van der Waals surface area contributed by atoms with E-state index in [1.807, 2.05) is 6.92 Å². The van der Waals surface area contributed by atoms with Gasteiger partial charge in [-0.2, -0.15) is 0 Å². The fraction of sp³-hybridized carbons (Fsp3) is 0.562. The molecule has 20 heavy (non-hydrogen) atoms. The van der Waals surface area contributed by atoms with Crippen LogP contribution in [0, 0.1) is 0 Å². The maximum absolute atomic E-state index is 12.0. The summed E-state index contributed by atoms with van der Waals surface area (Å²) in [6.45, 7) is 7.75. The Morgan fingerprint density at radius 1 is 1.30 bits per heavy atom. The number of hydrogen-bond donors (Lipinski definition) is 1. The van der Waals surface area contributed by atoms with Crippen molar-refractivity contribution in [2.24, 2.45) is 0 Å². The van der Waals surface area contributed by atoms with Gasteiger partial charge in [-0.05, 0) is 31.0 Å². The van der Waals surface area contributed by atoms with Gasteiger partial charge in [0.2, 0.25) is 0 Å². The lowest BCUT2D eigenvalue weighted by Gasteiger charge is -2.23. The fourth-order valence-corrected chi connectivity index (χ4v) is 2.57. The zero-order valence-electron chi connectivity index (χ0n) is 12.4. The van der Waals surface area contributed by atoms with Crippen LogP contribution >= 0.6 is 0 Å². The van der Waals surface area contributed by atoms with Crippen LogP contribution in [-0.4, -0.2) is 36.6 Å². The molecule has 1 unspecified atom stereocenters. The second-order valence-electron chi connectivity index (χ2n) is 5.20. The molecule has 1 aromatic carbocycles. The van der Waals surface area contributed by atoms with E-state index >= 15 is 0 Å². The molecule has 110 valence electrons. The summed E-state index contributed by atoms with van der Waals surface area (Å²) in [5, 5.41) is 3.29. The van der Waals surface area contributed by atoms with E-state index in [1.54, 1.807) is 0 Å². The molecular weight excluding hydrogens is 252 g/mol. The van der Waals surface area contributed by atoms with Crippen LogP contribution in [-0.2, 0) is 22.6 Å². The number of nitrogens with zero attached hydrogens (tertiary/aromatic N) is 1. The highest BCUT2D eigenvalue weighted by Crippen LogP contribution is 2.22. The molecule has 0 amide bonds. The molecule has 1 N–H and O–H groups in total. The maximum atomic E-state index is 12.0. The first kappa shape index (κ1) is 15.0. The third kappa shape index (κ3) is 3.81. The molecular formula is C16H24N2O2. The van der Waals surface area contributed by atoms with Crippen LogP contribution in [0.4, 0.5) is 0 Å². The number of carbonyl (C=O) groups is 1. The van der Waals surface area contributed by atoms with E-state index in [4.69, 9.17) is 4.74 Å². The van der Waals surface area contributed by atoms with Gasteiger partial charge in [-0.15, -0.1) is 0 Å². The van der Waals surface area contributed by atoms with Crippen LogP contribution in [0.5, 0.6) is 0 Å². The van der Waals surface area contributed by atoms with Crippen LogP contribution in [0.2, 0.25) is 0 Å². The number of rotatable bonds is 7. The van der Waals surface area contributed by atoms with Crippen LogP contribution < -0.4 is 5.32 Å². The Bertz CT molecular complexity index is 423. The van der Waals surface area contributed by atoms with Crippen LogP contribution in [0.1, 0.15) is 31.4 Å². The molecule has 1 aromatic rings. The van der Waals surface area contributed by atoms with Crippen molar-refractivity contribution < 1.29 is 9.53 Å². The van der Waals surface area contributed by atoms with E-state index in [-0.39, 0.29) is 12.0 Å². The quantitative estimate of drug-likeness (QED) is 0.773. The molecule has 0 radical (unpaired) electrons. The number of nitrogens with one attached hydrogen (secondary N) is 1. The number of fused-ring (bicyclic) bond motifs is 1. The number of carbonyl (C=O) groups excluding carboxylic acids is 1. The highest BCUT2D eigenvalue weighted by molar-refractivity contribution is 5.76. The molecule has 4 heteroatoms. The summed E-state index contributed by atoms with van der Waals surface area (Å²) >= 11 is 0.